The van der Waals surface area contributed by atoms with Crippen molar-refractivity contribution < 1.29 is 14.3 Å². The zero-order chi connectivity index (χ0) is 12.1. The van der Waals surface area contributed by atoms with Crippen molar-refractivity contribution in [2.45, 2.75) is 20.0 Å². The van der Waals surface area contributed by atoms with E-state index in [0.717, 1.165) is 4.90 Å². The molecule has 0 saturated heterocycles. The summed E-state index contributed by atoms with van der Waals surface area (Å²) in [7, 11) is 0. The maximum atomic E-state index is 11.6. The van der Waals surface area contributed by atoms with Gasteiger partial charge in [-0.25, -0.2) is 9.59 Å². The van der Waals surface area contributed by atoms with Crippen LogP contribution in [0, 0.1) is 0 Å². The van der Waals surface area contributed by atoms with Gasteiger partial charge in [0.25, 0.3) is 0 Å². The monoisotopic (exact) mass is 222 g/mol. The summed E-state index contributed by atoms with van der Waals surface area (Å²) in [6.45, 7) is 3.39. The van der Waals surface area contributed by atoms with Crippen LogP contribution < -0.4 is 10.6 Å². The molecule has 5 nitrogen and oxygen atoms in total. The van der Waals surface area contributed by atoms with Gasteiger partial charge in [0, 0.05) is 0 Å². The Balaban J connectivity index is 2.92. The highest BCUT2D eigenvalue weighted by atomic mass is 16.6. The second kappa shape index (κ2) is 5.16. The molecule has 1 aromatic carbocycles. The van der Waals surface area contributed by atoms with Crippen molar-refractivity contribution >= 4 is 17.8 Å². The Kier molecular flexibility index (Phi) is 3.88. The number of amides is 3. The SMILES string of the molecule is CC(C)OC(=O)N(C(N)=O)c1ccccc1. The van der Waals surface area contributed by atoms with E-state index in [0.29, 0.717) is 5.69 Å². The summed E-state index contributed by atoms with van der Waals surface area (Å²) in [5.41, 5.74) is 5.52. The number of ether oxygens (including phenoxy) is 1. The number of carbonyl (C=O) groups excluding carboxylic acids is 2. The minimum Gasteiger partial charge on any atom is -0.446 e. The fraction of sp³-hybridized carbons (Fsp3) is 0.273. The standard InChI is InChI=1S/C11H14N2O3/c1-8(2)16-11(15)13(10(12)14)9-6-4-3-5-7-9/h3-8H,1-2H3,(H2,12,14). The molecule has 0 atom stereocenters. The molecular formula is C11H14N2O3. The number of nitrogens with zero attached hydrogens (tertiary/aromatic N) is 1. The summed E-state index contributed by atoms with van der Waals surface area (Å²) in [5.74, 6) is 0. The van der Waals surface area contributed by atoms with Crippen molar-refractivity contribution in [2.75, 3.05) is 4.90 Å². The number of benzene rings is 1. The van der Waals surface area contributed by atoms with Gasteiger partial charge in [-0.1, -0.05) is 18.2 Å². The number of primary amides is 1. The topological polar surface area (TPSA) is 72.6 Å². The lowest BCUT2D eigenvalue weighted by Crippen LogP contribution is -2.42. The molecular weight excluding hydrogens is 208 g/mol. The fourth-order valence-electron chi connectivity index (χ4n) is 1.15. The Morgan fingerprint density at radius 1 is 1.25 bits per heavy atom. The quantitative estimate of drug-likeness (QED) is 0.832. The number of hydrogen-bond donors (Lipinski definition) is 1. The lowest BCUT2D eigenvalue weighted by Gasteiger charge is -2.19. The van der Waals surface area contributed by atoms with E-state index < -0.39 is 12.1 Å². The first-order chi connectivity index (χ1) is 7.52. The summed E-state index contributed by atoms with van der Waals surface area (Å²) in [6, 6.07) is 7.52. The Labute approximate surface area is 93.8 Å². The van der Waals surface area contributed by atoms with Crippen LogP contribution in [0.25, 0.3) is 0 Å². The molecule has 0 spiro atoms. The van der Waals surface area contributed by atoms with Crippen LogP contribution in [-0.2, 0) is 4.74 Å². The van der Waals surface area contributed by atoms with Gasteiger partial charge in [-0.05, 0) is 26.0 Å². The number of para-hydroxylation sites is 1. The van der Waals surface area contributed by atoms with Gasteiger partial charge in [0.15, 0.2) is 0 Å². The molecule has 0 radical (unpaired) electrons. The molecule has 0 aliphatic heterocycles. The average Bonchev–Trinajstić information content (AvgIpc) is 2.17. The number of nitrogens with two attached hydrogens (primary N) is 1. The third kappa shape index (κ3) is 2.98. The van der Waals surface area contributed by atoms with Gasteiger partial charge in [-0.2, -0.15) is 4.90 Å². The van der Waals surface area contributed by atoms with Gasteiger partial charge in [0.05, 0.1) is 11.8 Å². The molecule has 1 rings (SSSR count). The second-order valence-corrected chi connectivity index (χ2v) is 3.44. The molecule has 3 amide bonds. The van der Waals surface area contributed by atoms with Crippen molar-refractivity contribution in [3.8, 4) is 0 Å². The van der Waals surface area contributed by atoms with E-state index in [1.165, 1.54) is 0 Å². The van der Waals surface area contributed by atoms with Crippen LogP contribution >= 0.6 is 0 Å². The zero-order valence-electron chi connectivity index (χ0n) is 9.21. The largest absolute Gasteiger partial charge is 0.446 e. The van der Waals surface area contributed by atoms with Gasteiger partial charge in [0.1, 0.15) is 0 Å². The van der Waals surface area contributed by atoms with Gasteiger partial charge in [-0.3, -0.25) is 0 Å². The first-order valence-electron chi connectivity index (χ1n) is 4.87. The molecule has 1 aromatic rings. The highest BCUT2D eigenvalue weighted by Gasteiger charge is 2.23. The number of carbonyl (C=O) groups is 2. The van der Waals surface area contributed by atoms with E-state index in [4.69, 9.17) is 10.5 Å². The van der Waals surface area contributed by atoms with Crippen LogP contribution in [-0.4, -0.2) is 18.2 Å². The molecule has 0 bridgehead atoms. The van der Waals surface area contributed by atoms with Gasteiger partial charge in [-0.15, -0.1) is 0 Å². The van der Waals surface area contributed by atoms with E-state index in [1.54, 1.807) is 44.2 Å². The van der Waals surface area contributed by atoms with E-state index in [9.17, 15) is 9.59 Å². The maximum Gasteiger partial charge on any atom is 0.422 e. The van der Waals surface area contributed by atoms with E-state index in [-0.39, 0.29) is 6.10 Å². The van der Waals surface area contributed by atoms with E-state index >= 15 is 0 Å². The van der Waals surface area contributed by atoms with Crippen LogP contribution in [0.3, 0.4) is 0 Å². The second-order valence-electron chi connectivity index (χ2n) is 3.44. The third-order valence-corrected chi connectivity index (χ3v) is 1.75. The molecule has 16 heavy (non-hydrogen) atoms. The summed E-state index contributed by atoms with van der Waals surface area (Å²) < 4.78 is 4.91. The molecule has 0 saturated carbocycles. The average molecular weight is 222 g/mol. The highest BCUT2D eigenvalue weighted by Crippen LogP contribution is 2.14. The van der Waals surface area contributed by atoms with Crippen LogP contribution in [0.5, 0.6) is 0 Å². The minimum absolute atomic E-state index is 0.307. The highest BCUT2D eigenvalue weighted by molar-refractivity contribution is 6.10. The fourth-order valence-corrected chi connectivity index (χ4v) is 1.15. The van der Waals surface area contributed by atoms with Crippen molar-refractivity contribution in [2.24, 2.45) is 5.73 Å². The van der Waals surface area contributed by atoms with Crippen LogP contribution in [0.2, 0.25) is 0 Å². The predicted molar refractivity (Wildman–Crippen MR) is 60.1 cm³/mol. The van der Waals surface area contributed by atoms with Crippen LogP contribution in [0.15, 0.2) is 30.3 Å². The first kappa shape index (κ1) is 12.0. The molecule has 0 unspecified atom stereocenters. The lowest BCUT2D eigenvalue weighted by molar-refractivity contribution is 0.124. The third-order valence-electron chi connectivity index (χ3n) is 1.75. The first-order valence-corrected chi connectivity index (χ1v) is 4.87. The molecule has 86 valence electrons. The molecule has 5 heteroatoms. The zero-order valence-corrected chi connectivity index (χ0v) is 9.21. The Morgan fingerprint density at radius 3 is 2.25 bits per heavy atom. The number of anilines is 1. The smallest absolute Gasteiger partial charge is 0.422 e. The Bertz CT molecular complexity index is 376. The Morgan fingerprint density at radius 2 is 1.81 bits per heavy atom. The summed E-state index contributed by atoms with van der Waals surface area (Å²) in [6.07, 6.45) is -1.08. The molecule has 0 aliphatic carbocycles. The van der Waals surface area contributed by atoms with Gasteiger partial charge >= 0.3 is 12.1 Å². The van der Waals surface area contributed by atoms with Gasteiger partial charge in [0.2, 0.25) is 0 Å². The maximum absolute atomic E-state index is 11.6. The van der Waals surface area contributed by atoms with Crippen molar-refractivity contribution in [1.82, 2.24) is 0 Å². The number of rotatable bonds is 2. The van der Waals surface area contributed by atoms with Crippen LogP contribution in [0.1, 0.15) is 13.8 Å². The van der Waals surface area contributed by atoms with E-state index in [2.05, 4.69) is 0 Å². The molecule has 0 aliphatic rings. The Hall–Kier alpha value is -2.04. The van der Waals surface area contributed by atoms with Crippen LogP contribution in [0.4, 0.5) is 15.3 Å². The number of imide groups is 1. The van der Waals surface area contributed by atoms with Crippen molar-refractivity contribution in [3.05, 3.63) is 30.3 Å². The normalized spacial score (nSPS) is 9.94. The van der Waals surface area contributed by atoms with Gasteiger partial charge < -0.3 is 10.5 Å². The predicted octanol–water partition coefficient (Wildman–Crippen LogP) is 2.12. The molecule has 0 heterocycles. The van der Waals surface area contributed by atoms with Crippen molar-refractivity contribution in [3.63, 3.8) is 0 Å². The minimum atomic E-state index is -0.864. The summed E-state index contributed by atoms with van der Waals surface area (Å²) in [5, 5.41) is 0. The number of hydrogen-bond acceptors (Lipinski definition) is 3. The molecule has 0 fully saturated rings. The summed E-state index contributed by atoms with van der Waals surface area (Å²) in [4.78, 5) is 23.6. The van der Waals surface area contributed by atoms with E-state index in [1.807, 2.05) is 0 Å². The molecule has 0 aromatic heterocycles. The van der Waals surface area contributed by atoms with Crippen molar-refractivity contribution in [1.29, 1.82) is 0 Å². The number of urea groups is 1. The summed E-state index contributed by atoms with van der Waals surface area (Å²) >= 11 is 0. The molecule has 2 N–H and O–H groups in total. The lowest BCUT2D eigenvalue weighted by atomic mass is 10.3.